The average Bonchev–Trinajstić information content (AvgIpc) is 3.20. The van der Waals surface area contributed by atoms with Crippen molar-refractivity contribution in [2.45, 2.75) is 12.5 Å². The molecule has 0 saturated carbocycles. The normalized spacial score (nSPS) is 15.9. The molecule has 0 aliphatic carbocycles. The highest BCUT2D eigenvalue weighted by molar-refractivity contribution is 6.05. The molecule has 29 heavy (non-hydrogen) atoms. The molecule has 146 valence electrons. The minimum absolute atomic E-state index is 0.209. The lowest BCUT2D eigenvalue weighted by Crippen LogP contribution is -2.27. The van der Waals surface area contributed by atoms with Gasteiger partial charge in [-0.1, -0.05) is 42.5 Å². The molecule has 1 heterocycles. The van der Waals surface area contributed by atoms with Gasteiger partial charge in [0.05, 0.1) is 11.8 Å². The Hall–Kier alpha value is -3.47. The number of amides is 1. The fourth-order valence-corrected chi connectivity index (χ4v) is 3.48. The summed E-state index contributed by atoms with van der Waals surface area (Å²) in [5.41, 5.74) is 4.38. The summed E-state index contributed by atoms with van der Waals surface area (Å²) in [7, 11) is 3.98. The van der Waals surface area contributed by atoms with Gasteiger partial charge in [-0.15, -0.1) is 0 Å². The van der Waals surface area contributed by atoms with Crippen LogP contribution in [-0.4, -0.2) is 30.7 Å². The number of hydrogen-bond acceptors (Lipinski definition) is 3. The van der Waals surface area contributed by atoms with Crippen LogP contribution >= 0.6 is 0 Å². The zero-order valence-electron chi connectivity index (χ0n) is 16.4. The van der Waals surface area contributed by atoms with Crippen LogP contribution in [0.15, 0.2) is 84.0 Å². The summed E-state index contributed by atoms with van der Waals surface area (Å²) in [5, 5.41) is 6.20. The lowest BCUT2D eigenvalue weighted by molar-refractivity contribution is 0.0711. The maximum absolute atomic E-state index is 13.3. The van der Waals surface area contributed by atoms with Gasteiger partial charge in [0.1, 0.15) is 5.82 Å². The van der Waals surface area contributed by atoms with E-state index in [0.717, 1.165) is 22.5 Å². The molecule has 1 amide bonds. The van der Waals surface area contributed by atoms with Crippen molar-refractivity contribution < 1.29 is 9.18 Å². The van der Waals surface area contributed by atoms with Crippen LogP contribution in [0.5, 0.6) is 0 Å². The van der Waals surface area contributed by atoms with Gasteiger partial charge < -0.3 is 4.90 Å². The first-order chi connectivity index (χ1) is 14.0. The van der Waals surface area contributed by atoms with Crippen LogP contribution in [0.3, 0.4) is 0 Å². The van der Waals surface area contributed by atoms with Gasteiger partial charge in [-0.2, -0.15) is 5.10 Å². The van der Waals surface area contributed by atoms with Gasteiger partial charge >= 0.3 is 0 Å². The van der Waals surface area contributed by atoms with Crippen molar-refractivity contribution in [3.05, 3.63) is 101 Å². The predicted octanol–water partition coefficient (Wildman–Crippen LogP) is 4.88. The van der Waals surface area contributed by atoms with Gasteiger partial charge in [0.25, 0.3) is 5.91 Å². The Morgan fingerprint density at radius 2 is 1.62 bits per heavy atom. The van der Waals surface area contributed by atoms with Crippen LogP contribution in [0.1, 0.15) is 33.9 Å². The number of rotatable bonds is 4. The second kappa shape index (κ2) is 7.87. The zero-order valence-corrected chi connectivity index (χ0v) is 16.4. The highest BCUT2D eigenvalue weighted by Gasteiger charge is 2.33. The molecule has 1 aliphatic rings. The first kappa shape index (κ1) is 18.9. The monoisotopic (exact) mass is 387 g/mol. The SMILES string of the molecule is CN(C)c1ccc([C@H]2CC(c3ccccc3)=NN2C(=O)c2ccc(F)cc2)cc1. The van der Waals surface area contributed by atoms with Crippen molar-refractivity contribution in [3.63, 3.8) is 0 Å². The van der Waals surface area contributed by atoms with Gasteiger partial charge in [0.15, 0.2) is 0 Å². The molecule has 1 atom stereocenters. The third-order valence-corrected chi connectivity index (χ3v) is 5.11. The second-order valence-corrected chi connectivity index (χ2v) is 7.28. The van der Waals surface area contributed by atoms with Crippen LogP contribution in [0, 0.1) is 5.82 Å². The van der Waals surface area contributed by atoms with Gasteiger partial charge in [-0.25, -0.2) is 9.40 Å². The topological polar surface area (TPSA) is 35.9 Å². The number of nitrogens with zero attached hydrogens (tertiary/aromatic N) is 3. The quantitative estimate of drug-likeness (QED) is 0.639. The Labute approximate surface area is 169 Å². The number of hydrazone groups is 1. The average molecular weight is 387 g/mol. The van der Waals surface area contributed by atoms with Crippen molar-refractivity contribution in [1.82, 2.24) is 5.01 Å². The van der Waals surface area contributed by atoms with E-state index in [1.807, 2.05) is 73.6 Å². The number of carbonyl (C=O) groups is 1. The van der Waals surface area contributed by atoms with E-state index < -0.39 is 0 Å². The predicted molar refractivity (Wildman–Crippen MR) is 114 cm³/mol. The minimum Gasteiger partial charge on any atom is -0.378 e. The number of carbonyl (C=O) groups excluding carboxylic acids is 1. The zero-order chi connectivity index (χ0) is 20.4. The molecular formula is C24H22FN3O. The maximum Gasteiger partial charge on any atom is 0.274 e. The minimum atomic E-state index is -0.368. The van der Waals surface area contributed by atoms with E-state index >= 15 is 0 Å². The summed E-state index contributed by atoms with van der Waals surface area (Å²) in [6.45, 7) is 0. The summed E-state index contributed by atoms with van der Waals surface area (Å²) >= 11 is 0. The van der Waals surface area contributed by atoms with E-state index in [0.29, 0.717) is 12.0 Å². The van der Waals surface area contributed by atoms with Crippen molar-refractivity contribution in [2.75, 3.05) is 19.0 Å². The summed E-state index contributed by atoms with van der Waals surface area (Å²) < 4.78 is 13.3. The molecule has 3 aromatic rings. The van der Waals surface area contributed by atoms with Crippen LogP contribution in [0.25, 0.3) is 0 Å². The maximum atomic E-state index is 13.3. The third-order valence-electron chi connectivity index (χ3n) is 5.11. The smallest absolute Gasteiger partial charge is 0.274 e. The summed E-state index contributed by atoms with van der Waals surface area (Å²) in [5.74, 6) is -0.607. The molecule has 0 radical (unpaired) electrons. The molecule has 0 saturated heterocycles. The molecule has 0 aromatic heterocycles. The highest BCUT2D eigenvalue weighted by atomic mass is 19.1. The molecule has 0 unspecified atom stereocenters. The second-order valence-electron chi connectivity index (χ2n) is 7.28. The van der Waals surface area contributed by atoms with Crippen molar-refractivity contribution >= 4 is 17.3 Å². The van der Waals surface area contributed by atoms with E-state index in [1.54, 1.807) is 0 Å². The molecule has 4 rings (SSSR count). The molecule has 1 aliphatic heterocycles. The van der Waals surface area contributed by atoms with Crippen LogP contribution in [-0.2, 0) is 0 Å². The number of anilines is 1. The molecule has 4 nitrogen and oxygen atoms in total. The first-order valence-corrected chi connectivity index (χ1v) is 9.52. The Balaban J connectivity index is 1.70. The highest BCUT2D eigenvalue weighted by Crippen LogP contribution is 2.34. The van der Waals surface area contributed by atoms with E-state index in [9.17, 15) is 9.18 Å². The summed E-state index contributed by atoms with van der Waals surface area (Å²) in [6, 6.07) is 23.4. The third kappa shape index (κ3) is 3.90. The van der Waals surface area contributed by atoms with Gasteiger partial charge in [0.2, 0.25) is 0 Å². The molecule has 0 N–H and O–H groups in total. The lowest BCUT2D eigenvalue weighted by atomic mass is 9.98. The van der Waals surface area contributed by atoms with Gasteiger partial charge in [0, 0.05) is 31.8 Å². The van der Waals surface area contributed by atoms with E-state index in [4.69, 9.17) is 0 Å². The summed E-state index contributed by atoms with van der Waals surface area (Å²) in [4.78, 5) is 15.2. The van der Waals surface area contributed by atoms with Crippen LogP contribution < -0.4 is 4.90 Å². The Bertz CT molecular complexity index is 1030. The molecule has 0 fully saturated rings. The molecular weight excluding hydrogens is 365 g/mol. The molecule has 0 bridgehead atoms. The Morgan fingerprint density at radius 1 is 0.966 bits per heavy atom. The standard InChI is InChI=1S/C24H22FN3O/c1-27(2)21-14-10-18(11-15-21)23-16-22(17-6-4-3-5-7-17)26-28(23)24(29)19-8-12-20(25)13-9-19/h3-15,23H,16H2,1-2H3/t23-/m1/s1. The van der Waals surface area contributed by atoms with Crippen molar-refractivity contribution in [1.29, 1.82) is 0 Å². The fraction of sp³-hybridized carbons (Fsp3) is 0.167. The molecule has 0 spiro atoms. The molecule has 3 aromatic carbocycles. The first-order valence-electron chi connectivity index (χ1n) is 9.52. The fourth-order valence-electron chi connectivity index (χ4n) is 3.48. The summed E-state index contributed by atoms with van der Waals surface area (Å²) in [6.07, 6.45) is 0.623. The van der Waals surface area contributed by atoms with E-state index in [1.165, 1.54) is 29.3 Å². The van der Waals surface area contributed by atoms with Crippen molar-refractivity contribution in [3.8, 4) is 0 Å². The van der Waals surface area contributed by atoms with Gasteiger partial charge in [-0.05, 0) is 47.5 Å². The van der Waals surface area contributed by atoms with Crippen LogP contribution in [0.4, 0.5) is 10.1 Å². The number of halogens is 1. The van der Waals surface area contributed by atoms with Crippen LogP contribution in [0.2, 0.25) is 0 Å². The van der Waals surface area contributed by atoms with Gasteiger partial charge in [-0.3, -0.25) is 4.79 Å². The number of hydrogen-bond donors (Lipinski definition) is 0. The van der Waals surface area contributed by atoms with E-state index in [-0.39, 0.29) is 17.8 Å². The Morgan fingerprint density at radius 3 is 2.24 bits per heavy atom. The largest absolute Gasteiger partial charge is 0.378 e. The molecule has 5 heteroatoms. The van der Waals surface area contributed by atoms with E-state index in [2.05, 4.69) is 5.10 Å². The Kier molecular flexibility index (Phi) is 5.12. The number of benzene rings is 3. The van der Waals surface area contributed by atoms with Crippen molar-refractivity contribution in [2.24, 2.45) is 5.10 Å². The lowest BCUT2D eigenvalue weighted by Gasteiger charge is -2.23.